The van der Waals surface area contributed by atoms with Gasteiger partial charge in [0.05, 0.1) is 11.8 Å². The van der Waals surface area contributed by atoms with E-state index in [9.17, 15) is 9.59 Å². The van der Waals surface area contributed by atoms with Crippen molar-refractivity contribution in [2.45, 2.75) is 72.0 Å². The maximum atomic E-state index is 12.1. The molecule has 0 aliphatic heterocycles. The average molecular weight is 270 g/mol. The third kappa shape index (κ3) is 5.21. The van der Waals surface area contributed by atoms with Crippen LogP contribution in [0.3, 0.4) is 0 Å². The summed E-state index contributed by atoms with van der Waals surface area (Å²) in [6, 6.07) is 0. The van der Waals surface area contributed by atoms with Crippen LogP contribution in [0.2, 0.25) is 0 Å². The summed E-state index contributed by atoms with van der Waals surface area (Å²) in [4.78, 5) is 24.2. The summed E-state index contributed by atoms with van der Waals surface area (Å²) in [6.45, 7) is 11.0. The van der Waals surface area contributed by atoms with E-state index in [4.69, 9.17) is 9.47 Å². The van der Waals surface area contributed by atoms with Crippen LogP contribution in [-0.4, -0.2) is 23.1 Å². The highest BCUT2D eigenvalue weighted by atomic mass is 16.6. The first-order valence-electron chi connectivity index (χ1n) is 6.95. The van der Waals surface area contributed by atoms with Gasteiger partial charge in [-0.3, -0.25) is 9.59 Å². The topological polar surface area (TPSA) is 52.6 Å². The molecule has 0 saturated heterocycles. The molecule has 1 rings (SSSR count). The van der Waals surface area contributed by atoms with Crippen LogP contribution in [0.25, 0.3) is 0 Å². The lowest BCUT2D eigenvalue weighted by atomic mass is 9.95. The average Bonchev–Trinajstić information content (AvgIpc) is 2.59. The van der Waals surface area contributed by atoms with Crippen molar-refractivity contribution in [1.29, 1.82) is 0 Å². The Labute approximate surface area is 115 Å². The molecule has 0 amide bonds. The van der Waals surface area contributed by atoms with E-state index in [1.54, 1.807) is 0 Å². The Bertz CT molecular complexity index is 312. The molecule has 1 aliphatic rings. The molecular weight excluding hydrogens is 244 g/mol. The zero-order valence-corrected chi connectivity index (χ0v) is 12.9. The fraction of sp³-hybridized carbons (Fsp3) is 0.867. The number of rotatable bonds is 2. The van der Waals surface area contributed by atoms with Gasteiger partial charge in [0.1, 0.15) is 11.2 Å². The van der Waals surface area contributed by atoms with Crippen molar-refractivity contribution in [2.75, 3.05) is 0 Å². The molecule has 0 spiro atoms. The molecular formula is C15H26O4. The second-order valence-electron chi connectivity index (χ2n) is 7.21. The van der Waals surface area contributed by atoms with Crippen LogP contribution in [0.5, 0.6) is 0 Å². The zero-order valence-electron chi connectivity index (χ0n) is 12.9. The minimum absolute atomic E-state index is 0.277. The van der Waals surface area contributed by atoms with Crippen LogP contribution in [-0.2, 0) is 19.1 Å². The molecule has 2 atom stereocenters. The van der Waals surface area contributed by atoms with Gasteiger partial charge in [-0.05, 0) is 54.4 Å². The van der Waals surface area contributed by atoms with E-state index in [-0.39, 0.29) is 23.8 Å². The summed E-state index contributed by atoms with van der Waals surface area (Å²) in [5.41, 5.74) is -1.03. The third-order valence-electron chi connectivity index (χ3n) is 2.94. The lowest BCUT2D eigenvalue weighted by molar-refractivity contribution is -0.171. The molecule has 110 valence electrons. The van der Waals surface area contributed by atoms with E-state index in [0.29, 0.717) is 12.8 Å². The predicted octanol–water partition coefficient (Wildman–Crippen LogP) is 3.09. The number of carbonyl (C=O) groups is 2. The number of hydrogen-bond donors (Lipinski definition) is 0. The van der Waals surface area contributed by atoms with Gasteiger partial charge in [-0.2, -0.15) is 0 Å². The van der Waals surface area contributed by atoms with Gasteiger partial charge in [0.25, 0.3) is 0 Å². The molecule has 19 heavy (non-hydrogen) atoms. The Morgan fingerprint density at radius 2 is 1.11 bits per heavy atom. The molecule has 0 aromatic heterocycles. The van der Waals surface area contributed by atoms with Crippen LogP contribution in [0.1, 0.15) is 60.8 Å². The van der Waals surface area contributed by atoms with Crippen LogP contribution < -0.4 is 0 Å². The number of esters is 2. The van der Waals surface area contributed by atoms with Crippen LogP contribution in [0.15, 0.2) is 0 Å². The van der Waals surface area contributed by atoms with Gasteiger partial charge < -0.3 is 9.47 Å². The molecule has 1 aliphatic carbocycles. The molecule has 4 heteroatoms. The van der Waals surface area contributed by atoms with Crippen molar-refractivity contribution in [3.63, 3.8) is 0 Å². The second-order valence-corrected chi connectivity index (χ2v) is 7.21. The second kappa shape index (κ2) is 5.51. The van der Waals surface area contributed by atoms with Gasteiger partial charge in [0.2, 0.25) is 0 Å². The summed E-state index contributed by atoms with van der Waals surface area (Å²) in [5.74, 6) is -1.26. The Hall–Kier alpha value is -1.06. The van der Waals surface area contributed by atoms with Crippen LogP contribution >= 0.6 is 0 Å². The molecule has 0 aromatic carbocycles. The molecule has 4 nitrogen and oxygen atoms in total. The first-order valence-corrected chi connectivity index (χ1v) is 6.95. The summed E-state index contributed by atoms with van der Waals surface area (Å²) in [7, 11) is 0. The van der Waals surface area contributed by atoms with E-state index < -0.39 is 11.2 Å². The number of hydrogen-bond acceptors (Lipinski definition) is 4. The molecule has 0 radical (unpaired) electrons. The fourth-order valence-electron chi connectivity index (χ4n) is 2.28. The minimum atomic E-state index is -0.516. The van der Waals surface area contributed by atoms with Gasteiger partial charge in [-0.25, -0.2) is 0 Å². The Balaban J connectivity index is 2.69. The summed E-state index contributed by atoms with van der Waals surface area (Å²) in [6.07, 6.45) is 2.28. The predicted molar refractivity (Wildman–Crippen MR) is 72.5 cm³/mol. The van der Waals surface area contributed by atoms with Gasteiger partial charge in [-0.15, -0.1) is 0 Å². The normalized spacial score (nSPS) is 24.1. The smallest absolute Gasteiger partial charge is 0.310 e. The van der Waals surface area contributed by atoms with Gasteiger partial charge >= 0.3 is 11.9 Å². The Morgan fingerprint density at radius 1 is 0.789 bits per heavy atom. The van der Waals surface area contributed by atoms with E-state index in [1.165, 1.54) is 0 Å². The lowest BCUT2D eigenvalue weighted by Crippen LogP contribution is -2.36. The largest absolute Gasteiger partial charge is 0.460 e. The third-order valence-corrected chi connectivity index (χ3v) is 2.94. The van der Waals surface area contributed by atoms with Gasteiger partial charge in [-0.1, -0.05) is 6.42 Å². The number of carbonyl (C=O) groups excluding carboxylic acids is 2. The molecule has 1 saturated carbocycles. The maximum Gasteiger partial charge on any atom is 0.310 e. The van der Waals surface area contributed by atoms with Crippen molar-refractivity contribution >= 4 is 11.9 Å². The monoisotopic (exact) mass is 270 g/mol. The first kappa shape index (κ1) is 16.0. The lowest BCUT2D eigenvalue weighted by Gasteiger charge is -2.26. The van der Waals surface area contributed by atoms with Crippen molar-refractivity contribution < 1.29 is 19.1 Å². The zero-order chi connectivity index (χ0) is 14.8. The highest BCUT2D eigenvalue weighted by Gasteiger charge is 2.41. The van der Waals surface area contributed by atoms with E-state index in [1.807, 2.05) is 41.5 Å². The summed E-state index contributed by atoms with van der Waals surface area (Å²) in [5, 5.41) is 0. The SMILES string of the molecule is CC(C)(C)OC(=O)C1CCCC1C(=O)OC(C)(C)C. The van der Waals surface area contributed by atoms with Gasteiger partial charge in [0.15, 0.2) is 0 Å². The molecule has 1 fully saturated rings. The summed E-state index contributed by atoms with van der Waals surface area (Å²) < 4.78 is 10.8. The molecule has 0 N–H and O–H groups in total. The molecule has 0 aromatic rings. The van der Waals surface area contributed by atoms with Crippen LogP contribution in [0, 0.1) is 11.8 Å². The van der Waals surface area contributed by atoms with Crippen LogP contribution in [0.4, 0.5) is 0 Å². The standard InChI is InChI=1S/C15H26O4/c1-14(2,3)18-12(16)10-8-7-9-11(10)13(17)19-15(4,5)6/h10-11H,7-9H2,1-6H3. The fourth-order valence-corrected chi connectivity index (χ4v) is 2.28. The molecule has 0 heterocycles. The number of ether oxygens (including phenoxy) is 2. The molecule has 2 unspecified atom stereocenters. The van der Waals surface area contributed by atoms with Crippen molar-refractivity contribution in [3.05, 3.63) is 0 Å². The Morgan fingerprint density at radius 3 is 1.37 bits per heavy atom. The summed E-state index contributed by atoms with van der Waals surface area (Å²) >= 11 is 0. The molecule has 0 bridgehead atoms. The van der Waals surface area contributed by atoms with E-state index in [0.717, 1.165) is 6.42 Å². The van der Waals surface area contributed by atoms with E-state index in [2.05, 4.69) is 0 Å². The quantitative estimate of drug-likeness (QED) is 0.724. The highest BCUT2D eigenvalue weighted by molar-refractivity contribution is 5.83. The highest BCUT2D eigenvalue weighted by Crippen LogP contribution is 2.35. The Kier molecular flexibility index (Phi) is 4.64. The van der Waals surface area contributed by atoms with Crippen molar-refractivity contribution in [3.8, 4) is 0 Å². The minimum Gasteiger partial charge on any atom is -0.460 e. The first-order chi connectivity index (χ1) is 8.49. The van der Waals surface area contributed by atoms with Crippen molar-refractivity contribution in [2.24, 2.45) is 11.8 Å². The van der Waals surface area contributed by atoms with Gasteiger partial charge in [0, 0.05) is 0 Å². The maximum absolute atomic E-state index is 12.1. The van der Waals surface area contributed by atoms with E-state index >= 15 is 0 Å². The van der Waals surface area contributed by atoms with Crippen molar-refractivity contribution in [1.82, 2.24) is 0 Å².